The van der Waals surface area contributed by atoms with Crippen LogP contribution in [-0.2, 0) is 19.4 Å². The maximum Gasteiger partial charge on any atom is 0.326 e. The Morgan fingerprint density at radius 3 is 2.25 bits per heavy atom. The molecule has 0 aromatic carbocycles. The van der Waals surface area contributed by atoms with Crippen LogP contribution in [-0.4, -0.2) is 43.5 Å². The molecule has 6 nitrogen and oxygen atoms in total. The van der Waals surface area contributed by atoms with Gasteiger partial charge in [0.1, 0.15) is 15.9 Å². The molecule has 1 amide bonds. The van der Waals surface area contributed by atoms with Crippen molar-refractivity contribution in [3.8, 4) is 0 Å². The van der Waals surface area contributed by atoms with Crippen molar-refractivity contribution in [1.29, 1.82) is 0 Å². The van der Waals surface area contributed by atoms with Gasteiger partial charge in [0.2, 0.25) is 5.91 Å². The standard InChI is InChI=1S/C13H25NO5S/c1-3-4-5-6-7-8-12(15)14-11(13(16)17)9-10-20(2,18)19/h11H,3-10H2,1-2H3,(H,14,15)(H,16,17). The van der Waals surface area contributed by atoms with Gasteiger partial charge >= 0.3 is 5.97 Å². The van der Waals surface area contributed by atoms with Crippen LogP contribution < -0.4 is 5.32 Å². The molecule has 1 atom stereocenters. The molecular weight excluding hydrogens is 282 g/mol. The minimum atomic E-state index is -3.23. The van der Waals surface area contributed by atoms with Gasteiger partial charge in [-0.2, -0.15) is 0 Å². The smallest absolute Gasteiger partial charge is 0.326 e. The van der Waals surface area contributed by atoms with Gasteiger partial charge in [-0.3, -0.25) is 4.79 Å². The Balaban J connectivity index is 4.05. The average molecular weight is 307 g/mol. The lowest BCUT2D eigenvalue weighted by molar-refractivity contribution is -0.141. The van der Waals surface area contributed by atoms with Crippen molar-refractivity contribution < 1.29 is 23.1 Å². The highest BCUT2D eigenvalue weighted by Gasteiger charge is 2.21. The molecular formula is C13H25NO5S. The van der Waals surface area contributed by atoms with Gasteiger partial charge in [-0.05, 0) is 12.8 Å². The van der Waals surface area contributed by atoms with Crippen LogP contribution in [0.2, 0.25) is 0 Å². The molecule has 0 aromatic rings. The van der Waals surface area contributed by atoms with Crippen LogP contribution in [0.25, 0.3) is 0 Å². The summed E-state index contributed by atoms with van der Waals surface area (Å²) in [5, 5.41) is 11.3. The van der Waals surface area contributed by atoms with Crippen molar-refractivity contribution in [3.05, 3.63) is 0 Å². The first-order chi connectivity index (χ1) is 9.26. The maximum atomic E-state index is 11.6. The molecule has 20 heavy (non-hydrogen) atoms. The highest BCUT2D eigenvalue weighted by Crippen LogP contribution is 2.05. The third kappa shape index (κ3) is 10.8. The number of unbranched alkanes of at least 4 members (excludes halogenated alkanes) is 4. The normalized spacial score (nSPS) is 12.9. The summed E-state index contributed by atoms with van der Waals surface area (Å²) in [6.07, 6.45) is 6.23. The molecule has 0 bridgehead atoms. The fourth-order valence-electron chi connectivity index (χ4n) is 1.74. The number of hydrogen-bond donors (Lipinski definition) is 2. The van der Waals surface area contributed by atoms with E-state index in [1.54, 1.807) is 0 Å². The van der Waals surface area contributed by atoms with E-state index in [1.165, 1.54) is 0 Å². The van der Waals surface area contributed by atoms with E-state index in [-0.39, 0.29) is 24.5 Å². The summed E-state index contributed by atoms with van der Waals surface area (Å²) in [7, 11) is -3.23. The molecule has 1 unspecified atom stereocenters. The molecule has 0 aliphatic rings. The van der Waals surface area contributed by atoms with Crippen LogP contribution >= 0.6 is 0 Å². The summed E-state index contributed by atoms with van der Waals surface area (Å²) in [5.74, 6) is -1.78. The monoisotopic (exact) mass is 307 g/mol. The molecule has 0 aliphatic heterocycles. The molecule has 7 heteroatoms. The van der Waals surface area contributed by atoms with E-state index < -0.39 is 21.8 Å². The molecule has 0 radical (unpaired) electrons. The van der Waals surface area contributed by atoms with E-state index in [1.807, 2.05) is 0 Å². The Labute approximate surface area is 120 Å². The van der Waals surface area contributed by atoms with Crippen molar-refractivity contribution in [2.75, 3.05) is 12.0 Å². The lowest BCUT2D eigenvalue weighted by Crippen LogP contribution is -2.41. The summed E-state index contributed by atoms with van der Waals surface area (Å²) < 4.78 is 22.0. The van der Waals surface area contributed by atoms with Gasteiger partial charge in [-0.1, -0.05) is 32.6 Å². The molecule has 0 aromatic heterocycles. The number of carbonyl (C=O) groups is 2. The predicted octanol–water partition coefficient (Wildman–Crippen LogP) is 1.35. The molecule has 2 N–H and O–H groups in total. The van der Waals surface area contributed by atoms with E-state index in [0.717, 1.165) is 38.4 Å². The van der Waals surface area contributed by atoms with Gasteiger partial charge in [0.25, 0.3) is 0 Å². The van der Waals surface area contributed by atoms with Gasteiger partial charge in [-0.15, -0.1) is 0 Å². The fourth-order valence-corrected chi connectivity index (χ4v) is 2.41. The summed E-state index contributed by atoms with van der Waals surface area (Å²) >= 11 is 0. The van der Waals surface area contributed by atoms with Crippen LogP contribution in [0.15, 0.2) is 0 Å². The number of nitrogens with one attached hydrogen (secondary N) is 1. The minimum absolute atomic E-state index is 0.101. The summed E-state index contributed by atoms with van der Waals surface area (Å²) in [6.45, 7) is 2.10. The Morgan fingerprint density at radius 2 is 1.75 bits per heavy atom. The van der Waals surface area contributed by atoms with Gasteiger partial charge < -0.3 is 10.4 Å². The first-order valence-corrected chi connectivity index (χ1v) is 9.02. The highest BCUT2D eigenvalue weighted by atomic mass is 32.2. The Hall–Kier alpha value is -1.11. The maximum absolute atomic E-state index is 11.6. The van der Waals surface area contributed by atoms with Crippen LogP contribution in [0.1, 0.15) is 51.9 Å². The summed E-state index contributed by atoms with van der Waals surface area (Å²) in [6, 6.07) is -1.13. The summed E-state index contributed by atoms with van der Waals surface area (Å²) in [4.78, 5) is 22.5. The molecule has 0 aliphatic carbocycles. The zero-order valence-corrected chi connectivity index (χ0v) is 13.0. The van der Waals surface area contributed by atoms with Crippen LogP contribution in [0.4, 0.5) is 0 Å². The topological polar surface area (TPSA) is 101 Å². The largest absolute Gasteiger partial charge is 0.480 e. The number of amides is 1. The van der Waals surface area contributed by atoms with Crippen molar-refractivity contribution in [1.82, 2.24) is 5.32 Å². The quantitative estimate of drug-likeness (QED) is 0.561. The number of carboxylic acids is 1. The number of sulfone groups is 1. The molecule has 0 fully saturated rings. The lowest BCUT2D eigenvalue weighted by Gasteiger charge is -2.13. The second-order valence-corrected chi connectivity index (χ2v) is 7.30. The number of carboxylic acid groups (broad SMARTS) is 1. The van der Waals surface area contributed by atoms with E-state index in [9.17, 15) is 18.0 Å². The van der Waals surface area contributed by atoms with Gasteiger partial charge in [0, 0.05) is 12.7 Å². The zero-order chi connectivity index (χ0) is 15.6. The van der Waals surface area contributed by atoms with Crippen molar-refractivity contribution in [2.45, 2.75) is 57.9 Å². The summed E-state index contributed by atoms with van der Waals surface area (Å²) in [5.41, 5.74) is 0. The zero-order valence-electron chi connectivity index (χ0n) is 12.2. The molecule has 0 rings (SSSR count). The van der Waals surface area contributed by atoms with Crippen LogP contribution in [0.5, 0.6) is 0 Å². The Bertz CT molecular complexity index is 405. The van der Waals surface area contributed by atoms with Crippen LogP contribution in [0, 0.1) is 0 Å². The van der Waals surface area contributed by atoms with Gasteiger partial charge in [-0.25, -0.2) is 13.2 Å². The van der Waals surface area contributed by atoms with E-state index >= 15 is 0 Å². The van der Waals surface area contributed by atoms with E-state index in [2.05, 4.69) is 12.2 Å². The van der Waals surface area contributed by atoms with Crippen molar-refractivity contribution >= 4 is 21.7 Å². The van der Waals surface area contributed by atoms with Gasteiger partial charge in [0.05, 0.1) is 5.75 Å². The first-order valence-electron chi connectivity index (χ1n) is 6.96. The molecule has 0 saturated carbocycles. The van der Waals surface area contributed by atoms with Crippen molar-refractivity contribution in [2.24, 2.45) is 0 Å². The van der Waals surface area contributed by atoms with Crippen molar-refractivity contribution in [3.63, 3.8) is 0 Å². The first kappa shape index (κ1) is 18.9. The third-order valence-electron chi connectivity index (χ3n) is 2.92. The second-order valence-electron chi connectivity index (χ2n) is 5.04. The molecule has 0 spiro atoms. The molecule has 0 heterocycles. The number of carbonyl (C=O) groups excluding carboxylic acids is 1. The van der Waals surface area contributed by atoms with Gasteiger partial charge in [0.15, 0.2) is 0 Å². The third-order valence-corrected chi connectivity index (χ3v) is 3.90. The molecule has 0 saturated heterocycles. The Morgan fingerprint density at radius 1 is 1.15 bits per heavy atom. The highest BCUT2D eigenvalue weighted by molar-refractivity contribution is 7.90. The minimum Gasteiger partial charge on any atom is -0.480 e. The molecule has 118 valence electrons. The Kier molecular flexibility index (Phi) is 9.20. The number of aliphatic carboxylic acids is 1. The second kappa shape index (κ2) is 9.74. The number of rotatable bonds is 11. The average Bonchev–Trinajstić information content (AvgIpc) is 2.32. The SMILES string of the molecule is CCCCCCCC(=O)NC(CCS(C)(=O)=O)C(=O)O. The van der Waals surface area contributed by atoms with E-state index in [4.69, 9.17) is 5.11 Å². The van der Waals surface area contributed by atoms with E-state index in [0.29, 0.717) is 0 Å². The fraction of sp³-hybridized carbons (Fsp3) is 0.846. The predicted molar refractivity (Wildman–Crippen MR) is 77.3 cm³/mol. The number of hydrogen-bond acceptors (Lipinski definition) is 4. The lowest BCUT2D eigenvalue weighted by atomic mass is 10.1. The van der Waals surface area contributed by atoms with Crippen LogP contribution in [0.3, 0.4) is 0 Å².